The van der Waals surface area contributed by atoms with Crippen molar-refractivity contribution in [2.24, 2.45) is 5.92 Å². The van der Waals surface area contributed by atoms with E-state index < -0.39 is 6.04 Å². The average Bonchev–Trinajstić information content (AvgIpc) is 2.72. The van der Waals surface area contributed by atoms with E-state index in [1.807, 2.05) is 25.1 Å². The van der Waals surface area contributed by atoms with Gasteiger partial charge in [0.2, 0.25) is 11.8 Å². The van der Waals surface area contributed by atoms with Crippen LogP contribution in [0.4, 0.5) is 0 Å². The number of aryl methyl sites for hydroxylation is 2. The van der Waals surface area contributed by atoms with E-state index in [1.165, 1.54) is 16.7 Å². The van der Waals surface area contributed by atoms with E-state index in [4.69, 9.17) is 0 Å². The molecule has 4 nitrogen and oxygen atoms in total. The summed E-state index contributed by atoms with van der Waals surface area (Å²) in [5, 5.41) is 2.97. The highest BCUT2D eigenvalue weighted by Crippen LogP contribution is 2.17. The first-order valence-corrected chi connectivity index (χ1v) is 12.2. The minimum absolute atomic E-state index is 0.0116. The third kappa shape index (κ3) is 8.78. The zero-order chi connectivity index (χ0) is 22.8. The zero-order valence-corrected chi connectivity index (χ0v) is 20.3. The summed E-state index contributed by atoms with van der Waals surface area (Å²) in [5.41, 5.74) is 4.87. The number of nitrogens with zero attached hydrogens (tertiary/aromatic N) is 1. The van der Waals surface area contributed by atoms with E-state index in [1.54, 1.807) is 16.7 Å². The smallest absolute Gasteiger partial charge is 0.242 e. The standard InChI is InChI=1S/C26H36N2O2S/c1-19(2)16-27-26(30)22(5)28(12-11-23-9-7-6-8-10-23)25(29)18-31-17-24-14-20(3)13-21(4)15-24/h6-10,13-15,19,22H,11-12,16-18H2,1-5H3,(H,27,30)/t22-/m0/s1. The van der Waals surface area contributed by atoms with Crippen molar-refractivity contribution in [3.05, 3.63) is 70.8 Å². The minimum Gasteiger partial charge on any atom is -0.354 e. The molecule has 0 spiro atoms. The Morgan fingerprint density at radius 1 is 0.968 bits per heavy atom. The number of hydrogen-bond donors (Lipinski definition) is 1. The van der Waals surface area contributed by atoms with Crippen molar-refractivity contribution < 1.29 is 9.59 Å². The molecule has 0 fully saturated rings. The second-order valence-electron chi connectivity index (χ2n) is 8.63. The van der Waals surface area contributed by atoms with Gasteiger partial charge in [0.15, 0.2) is 0 Å². The minimum atomic E-state index is -0.489. The number of carbonyl (C=O) groups excluding carboxylic acids is 2. The van der Waals surface area contributed by atoms with Crippen LogP contribution in [0.1, 0.15) is 43.0 Å². The molecule has 0 aliphatic carbocycles. The number of hydrogen-bond acceptors (Lipinski definition) is 3. The van der Waals surface area contributed by atoms with Crippen LogP contribution in [-0.4, -0.2) is 41.6 Å². The fourth-order valence-corrected chi connectivity index (χ4v) is 4.36. The quantitative estimate of drug-likeness (QED) is 0.548. The number of carbonyl (C=O) groups is 2. The van der Waals surface area contributed by atoms with Gasteiger partial charge in [-0.2, -0.15) is 0 Å². The summed E-state index contributed by atoms with van der Waals surface area (Å²) >= 11 is 1.61. The Hall–Kier alpha value is -2.27. The fourth-order valence-electron chi connectivity index (χ4n) is 3.51. The summed E-state index contributed by atoms with van der Waals surface area (Å²) in [5.74, 6) is 1.45. The maximum Gasteiger partial charge on any atom is 0.242 e. The van der Waals surface area contributed by atoms with Crippen molar-refractivity contribution >= 4 is 23.6 Å². The van der Waals surface area contributed by atoms with Gasteiger partial charge in [0, 0.05) is 18.8 Å². The van der Waals surface area contributed by atoms with Crippen LogP contribution in [0.3, 0.4) is 0 Å². The summed E-state index contributed by atoms with van der Waals surface area (Å²) in [6.07, 6.45) is 0.732. The monoisotopic (exact) mass is 440 g/mol. The number of rotatable bonds is 11. The molecule has 0 aliphatic rings. The van der Waals surface area contributed by atoms with E-state index >= 15 is 0 Å². The first-order chi connectivity index (χ1) is 14.8. The van der Waals surface area contributed by atoms with Crippen LogP contribution in [0, 0.1) is 19.8 Å². The molecule has 0 aliphatic heterocycles. The average molecular weight is 441 g/mol. The van der Waals surface area contributed by atoms with Gasteiger partial charge in [-0.15, -0.1) is 11.8 Å². The molecule has 1 N–H and O–H groups in total. The highest BCUT2D eigenvalue weighted by Gasteiger charge is 2.25. The van der Waals surface area contributed by atoms with Crippen LogP contribution in [0.5, 0.6) is 0 Å². The van der Waals surface area contributed by atoms with Crippen LogP contribution in [0.2, 0.25) is 0 Å². The Labute approximate surface area is 191 Å². The number of nitrogens with one attached hydrogen (secondary N) is 1. The van der Waals surface area contributed by atoms with Gasteiger partial charge in [0.25, 0.3) is 0 Å². The Morgan fingerprint density at radius 2 is 1.61 bits per heavy atom. The lowest BCUT2D eigenvalue weighted by atomic mass is 10.1. The Morgan fingerprint density at radius 3 is 2.23 bits per heavy atom. The highest BCUT2D eigenvalue weighted by molar-refractivity contribution is 7.99. The molecule has 5 heteroatoms. The van der Waals surface area contributed by atoms with Crippen molar-refractivity contribution in [2.45, 2.75) is 52.8 Å². The van der Waals surface area contributed by atoms with E-state index in [9.17, 15) is 9.59 Å². The molecule has 2 aromatic carbocycles. The zero-order valence-electron chi connectivity index (χ0n) is 19.5. The van der Waals surface area contributed by atoms with Crippen molar-refractivity contribution in [3.8, 4) is 0 Å². The molecule has 0 radical (unpaired) electrons. The molecule has 168 valence electrons. The molecule has 1 atom stereocenters. The number of thioether (sulfide) groups is 1. The molecule has 0 bridgehead atoms. The van der Waals surface area contributed by atoms with Crippen molar-refractivity contribution in [2.75, 3.05) is 18.8 Å². The highest BCUT2D eigenvalue weighted by atomic mass is 32.2. The third-order valence-electron chi connectivity index (χ3n) is 5.11. The van der Waals surface area contributed by atoms with Crippen molar-refractivity contribution in [1.82, 2.24) is 10.2 Å². The van der Waals surface area contributed by atoms with Crippen LogP contribution < -0.4 is 5.32 Å². The molecule has 2 rings (SSSR count). The summed E-state index contributed by atoms with van der Waals surface area (Å²) in [6, 6.07) is 16.1. The summed E-state index contributed by atoms with van der Waals surface area (Å²) < 4.78 is 0. The molecule has 2 amide bonds. The number of amides is 2. The molecule has 0 saturated carbocycles. The lowest BCUT2D eigenvalue weighted by molar-refractivity contribution is -0.138. The van der Waals surface area contributed by atoms with Crippen LogP contribution in [0.15, 0.2) is 48.5 Å². The van der Waals surface area contributed by atoms with Crippen LogP contribution >= 0.6 is 11.8 Å². The summed E-state index contributed by atoms with van der Waals surface area (Å²) in [7, 11) is 0. The molecular weight excluding hydrogens is 404 g/mol. The second kappa shape index (κ2) is 12.6. The maximum absolute atomic E-state index is 13.1. The van der Waals surface area contributed by atoms with Crippen molar-refractivity contribution in [1.29, 1.82) is 0 Å². The lowest BCUT2D eigenvalue weighted by Gasteiger charge is -2.29. The SMILES string of the molecule is Cc1cc(C)cc(CSCC(=O)N(CCc2ccccc2)[C@@H](C)C(=O)NCC(C)C)c1. The Kier molecular flexibility index (Phi) is 10.1. The predicted octanol–water partition coefficient (Wildman–Crippen LogP) is 4.77. The Bertz CT molecular complexity index is 831. The molecule has 2 aromatic rings. The lowest BCUT2D eigenvalue weighted by Crippen LogP contribution is -2.50. The van der Waals surface area contributed by atoms with E-state index in [0.29, 0.717) is 24.8 Å². The van der Waals surface area contributed by atoms with Gasteiger partial charge in [0.05, 0.1) is 5.75 Å². The van der Waals surface area contributed by atoms with E-state index in [-0.39, 0.29) is 11.8 Å². The molecule has 0 unspecified atom stereocenters. The first kappa shape index (κ1) is 25.0. The van der Waals surface area contributed by atoms with Crippen LogP contribution in [0.25, 0.3) is 0 Å². The molecule has 31 heavy (non-hydrogen) atoms. The first-order valence-electron chi connectivity index (χ1n) is 11.0. The van der Waals surface area contributed by atoms with Gasteiger partial charge in [-0.1, -0.05) is 73.5 Å². The second-order valence-corrected chi connectivity index (χ2v) is 9.61. The topological polar surface area (TPSA) is 49.4 Å². The molecule has 0 heterocycles. The summed E-state index contributed by atoms with van der Waals surface area (Å²) in [6.45, 7) is 11.3. The predicted molar refractivity (Wildman–Crippen MR) is 131 cm³/mol. The van der Waals surface area contributed by atoms with Crippen molar-refractivity contribution in [3.63, 3.8) is 0 Å². The Balaban J connectivity index is 2.00. The van der Waals surface area contributed by atoms with Gasteiger partial charge in [-0.25, -0.2) is 0 Å². The maximum atomic E-state index is 13.1. The molecule has 0 aromatic heterocycles. The fraction of sp³-hybridized carbons (Fsp3) is 0.462. The van der Waals surface area contributed by atoms with E-state index in [0.717, 1.165) is 17.7 Å². The van der Waals surface area contributed by atoms with Crippen LogP contribution in [-0.2, 0) is 21.8 Å². The van der Waals surface area contributed by atoms with E-state index in [2.05, 4.69) is 63.3 Å². The van der Waals surface area contributed by atoms with Gasteiger partial charge in [0.1, 0.15) is 6.04 Å². The summed E-state index contributed by atoms with van der Waals surface area (Å²) in [4.78, 5) is 27.5. The van der Waals surface area contributed by atoms with Gasteiger partial charge >= 0.3 is 0 Å². The largest absolute Gasteiger partial charge is 0.354 e. The normalized spacial score (nSPS) is 11.9. The molecular formula is C26H36N2O2S. The third-order valence-corrected chi connectivity index (χ3v) is 6.10. The molecule has 0 saturated heterocycles. The van der Waals surface area contributed by atoms with Gasteiger partial charge in [-0.3, -0.25) is 9.59 Å². The number of benzene rings is 2. The van der Waals surface area contributed by atoms with Gasteiger partial charge < -0.3 is 10.2 Å². The van der Waals surface area contributed by atoms with Gasteiger partial charge in [-0.05, 0) is 44.2 Å².